The zero-order valence-electron chi connectivity index (χ0n) is 17.4. The fourth-order valence-corrected chi connectivity index (χ4v) is 3.12. The first-order valence-corrected chi connectivity index (χ1v) is 9.34. The second kappa shape index (κ2) is 9.13. The lowest BCUT2D eigenvalue weighted by Crippen LogP contribution is -2.42. The summed E-state index contributed by atoms with van der Waals surface area (Å²) in [5.41, 5.74) is 7.98. The van der Waals surface area contributed by atoms with Gasteiger partial charge in [-0.25, -0.2) is 0 Å². The molecular formula is C22H24N4O4. The molecule has 0 spiro atoms. The molecule has 0 fully saturated rings. The minimum absolute atomic E-state index is 0.291. The molecule has 0 atom stereocenters. The number of hydrazine groups is 1. The predicted molar refractivity (Wildman–Crippen MR) is 112 cm³/mol. The van der Waals surface area contributed by atoms with Crippen LogP contribution in [0, 0.1) is 13.8 Å². The molecule has 1 aromatic heterocycles. The minimum atomic E-state index is -0.493. The molecule has 3 aromatic rings. The van der Waals surface area contributed by atoms with Crippen LogP contribution in [0.5, 0.6) is 11.5 Å². The van der Waals surface area contributed by atoms with Crippen LogP contribution in [0.15, 0.2) is 48.5 Å². The van der Waals surface area contributed by atoms with Crippen molar-refractivity contribution in [1.82, 2.24) is 20.6 Å². The maximum absolute atomic E-state index is 12.7. The van der Waals surface area contributed by atoms with Gasteiger partial charge < -0.3 is 9.47 Å². The van der Waals surface area contributed by atoms with Gasteiger partial charge >= 0.3 is 0 Å². The van der Waals surface area contributed by atoms with Gasteiger partial charge in [0, 0.05) is 17.3 Å². The van der Waals surface area contributed by atoms with Gasteiger partial charge in [0.1, 0.15) is 11.5 Å². The minimum Gasteiger partial charge on any atom is -0.497 e. The topological polar surface area (TPSA) is 94.5 Å². The molecule has 0 bridgehead atoms. The van der Waals surface area contributed by atoms with Crippen LogP contribution in [0.25, 0.3) is 0 Å². The van der Waals surface area contributed by atoms with E-state index in [2.05, 4.69) is 16.0 Å². The van der Waals surface area contributed by atoms with E-state index >= 15 is 0 Å². The quantitative estimate of drug-likeness (QED) is 0.612. The average Bonchev–Trinajstić information content (AvgIpc) is 3.04. The number of methoxy groups -OCH3 is 2. The van der Waals surface area contributed by atoms with E-state index in [1.165, 1.54) is 14.2 Å². The third-order valence-corrected chi connectivity index (χ3v) is 4.69. The van der Waals surface area contributed by atoms with Crippen LogP contribution >= 0.6 is 0 Å². The lowest BCUT2D eigenvalue weighted by molar-refractivity contribution is 0.0845. The van der Waals surface area contributed by atoms with Gasteiger partial charge in [0.25, 0.3) is 11.8 Å². The first kappa shape index (κ1) is 20.9. The van der Waals surface area contributed by atoms with Crippen LogP contribution in [-0.2, 0) is 6.54 Å². The average molecular weight is 408 g/mol. The molecule has 1 heterocycles. The Morgan fingerprint density at radius 3 is 2.13 bits per heavy atom. The molecule has 0 saturated carbocycles. The van der Waals surface area contributed by atoms with Gasteiger partial charge in [-0.05, 0) is 31.5 Å². The molecule has 30 heavy (non-hydrogen) atoms. The number of ether oxygens (including phenoxy) is 2. The lowest BCUT2D eigenvalue weighted by atomic mass is 10.2. The van der Waals surface area contributed by atoms with Crippen molar-refractivity contribution < 1.29 is 19.1 Å². The third-order valence-electron chi connectivity index (χ3n) is 4.69. The molecule has 0 aliphatic heterocycles. The number of amides is 2. The second-order valence-electron chi connectivity index (χ2n) is 6.70. The summed E-state index contributed by atoms with van der Waals surface area (Å²) in [5.74, 6) is 0.0134. The fraction of sp³-hybridized carbons (Fsp3) is 0.227. The maximum atomic E-state index is 12.7. The molecule has 2 aromatic carbocycles. The van der Waals surface area contributed by atoms with Crippen molar-refractivity contribution in [2.75, 3.05) is 14.2 Å². The van der Waals surface area contributed by atoms with Crippen molar-refractivity contribution >= 4 is 11.8 Å². The van der Waals surface area contributed by atoms with E-state index in [9.17, 15) is 9.59 Å². The summed E-state index contributed by atoms with van der Waals surface area (Å²) in [4.78, 5) is 25.2. The summed E-state index contributed by atoms with van der Waals surface area (Å²) in [6, 6.07) is 14.6. The lowest BCUT2D eigenvalue weighted by Gasteiger charge is -2.10. The number of aromatic nitrogens is 2. The molecule has 0 aliphatic rings. The Kier molecular flexibility index (Phi) is 6.36. The molecule has 8 heteroatoms. The van der Waals surface area contributed by atoms with Crippen molar-refractivity contribution in [2.24, 2.45) is 0 Å². The summed E-state index contributed by atoms with van der Waals surface area (Å²) in [6.45, 7) is 4.14. The number of nitrogens with one attached hydrogen (secondary N) is 2. The Bertz CT molecular complexity index is 1040. The molecule has 8 nitrogen and oxygen atoms in total. The van der Waals surface area contributed by atoms with Gasteiger partial charge in [-0.15, -0.1) is 0 Å². The molecule has 0 saturated heterocycles. The van der Waals surface area contributed by atoms with Crippen LogP contribution in [0.4, 0.5) is 0 Å². The summed E-state index contributed by atoms with van der Waals surface area (Å²) in [5, 5.41) is 4.47. The molecule has 0 aliphatic carbocycles. The first-order chi connectivity index (χ1) is 14.4. The van der Waals surface area contributed by atoms with E-state index in [1.54, 1.807) is 29.8 Å². The highest BCUT2D eigenvalue weighted by molar-refractivity contribution is 6.00. The van der Waals surface area contributed by atoms with Crippen LogP contribution in [0.1, 0.15) is 37.7 Å². The zero-order valence-corrected chi connectivity index (χ0v) is 17.4. The third kappa shape index (κ3) is 4.60. The largest absolute Gasteiger partial charge is 0.497 e. The van der Waals surface area contributed by atoms with E-state index in [0.29, 0.717) is 40.6 Å². The molecule has 3 rings (SSSR count). The molecular weight excluding hydrogens is 384 g/mol. The summed E-state index contributed by atoms with van der Waals surface area (Å²) >= 11 is 0. The predicted octanol–water partition coefficient (Wildman–Crippen LogP) is 2.64. The van der Waals surface area contributed by atoms with Crippen molar-refractivity contribution in [3.63, 3.8) is 0 Å². The highest BCUT2D eigenvalue weighted by Gasteiger charge is 2.20. The molecule has 156 valence electrons. The van der Waals surface area contributed by atoms with Crippen LogP contribution in [-0.4, -0.2) is 35.8 Å². The van der Waals surface area contributed by atoms with E-state index in [4.69, 9.17) is 9.47 Å². The number of rotatable bonds is 6. The van der Waals surface area contributed by atoms with Crippen molar-refractivity contribution in [3.8, 4) is 11.5 Å². The Hall–Kier alpha value is -3.81. The zero-order chi connectivity index (χ0) is 21.7. The number of carbonyl (C=O) groups is 2. The van der Waals surface area contributed by atoms with E-state index < -0.39 is 11.8 Å². The van der Waals surface area contributed by atoms with Crippen molar-refractivity contribution in [2.45, 2.75) is 20.4 Å². The van der Waals surface area contributed by atoms with Crippen LogP contribution < -0.4 is 20.3 Å². The van der Waals surface area contributed by atoms with Crippen molar-refractivity contribution in [3.05, 3.63) is 76.6 Å². The molecule has 2 N–H and O–H groups in total. The number of hydrogen-bond donors (Lipinski definition) is 2. The fourth-order valence-electron chi connectivity index (χ4n) is 3.12. The number of hydrogen-bond acceptors (Lipinski definition) is 5. The van der Waals surface area contributed by atoms with Crippen LogP contribution in [0.2, 0.25) is 0 Å². The summed E-state index contributed by atoms with van der Waals surface area (Å²) in [6.07, 6.45) is 0. The number of aryl methyl sites for hydroxylation is 1. The molecule has 0 radical (unpaired) electrons. The Morgan fingerprint density at radius 1 is 0.933 bits per heavy atom. The normalized spacial score (nSPS) is 10.4. The second-order valence-corrected chi connectivity index (χ2v) is 6.70. The Morgan fingerprint density at radius 2 is 1.53 bits per heavy atom. The Balaban J connectivity index is 1.71. The maximum Gasteiger partial charge on any atom is 0.273 e. The summed E-state index contributed by atoms with van der Waals surface area (Å²) in [7, 11) is 2.99. The van der Waals surface area contributed by atoms with Gasteiger partial charge in [0.2, 0.25) is 0 Å². The van der Waals surface area contributed by atoms with Crippen LogP contribution in [0.3, 0.4) is 0 Å². The summed E-state index contributed by atoms with van der Waals surface area (Å²) < 4.78 is 12.1. The van der Waals surface area contributed by atoms with E-state index in [-0.39, 0.29) is 0 Å². The van der Waals surface area contributed by atoms with Gasteiger partial charge in [-0.2, -0.15) is 5.10 Å². The van der Waals surface area contributed by atoms with E-state index in [1.807, 2.05) is 37.3 Å². The number of carbonyl (C=O) groups excluding carboxylic acids is 2. The van der Waals surface area contributed by atoms with Crippen molar-refractivity contribution in [1.29, 1.82) is 0 Å². The Labute approximate surface area is 174 Å². The van der Waals surface area contributed by atoms with Gasteiger partial charge in [0.05, 0.1) is 32.0 Å². The van der Waals surface area contributed by atoms with E-state index in [0.717, 1.165) is 5.56 Å². The molecule has 0 unspecified atom stereocenters. The van der Waals surface area contributed by atoms with Gasteiger partial charge in [-0.1, -0.05) is 30.3 Å². The first-order valence-electron chi connectivity index (χ1n) is 9.34. The molecule has 2 amide bonds. The smallest absolute Gasteiger partial charge is 0.273 e. The highest BCUT2D eigenvalue weighted by Crippen LogP contribution is 2.22. The monoisotopic (exact) mass is 408 g/mol. The number of benzene rings is 2. The standard InChI is InChI=1S/C22H24N4O4/c1-14-20(15(2)26(25-14)13-16-8-6-5-7-9-16)22(28)24-23-21(27)17-10-18(29-3)12-19(11-17)30-4/h5-12H,13H2,1-4H3,(H,23,27)(H,24,28). The van der Waals surface area contributed by atoms with Gasteiger partial charge in [-0.3, -0.25) is 25.1 Å². The highest BCUT2D eigenvalue weighted by atomic mass is 16.5. The van der Waals surface area contributed by atoms with Gasteiger partial charge in [0.15, 0.2) is 0 Å². The SMILES string of the molecule is COc1cc(OC)cc(C(=O)NNC(=O)c2c(C)nn(Cc3ccccc3)c2C)c1. The number of nitrogens with zero attached hydrogens (tertiary/aromatic N) is 2.